The van der Waals surface area contributed by atoms with Crippen LogP contribution in [0, 0.1) is 5.92 Å². The molecule has 0 fully saturated rings. The minimum absolute atomic E-state index is 0.0384. The van der Waals surface area contributed by atoms with Crippen molar-refractivity contribution in [2.45, 2.75) is 13.3 Å². The molecule has 0 saturated heterocycles. The smallest absolute Gasteiger partial charge is 0.180 e. The van der Waals surface area contributed by atoms with Crippen LogP contribution < -0.4 is 5.73 Å². The van der Waals surface area contributed by atoms with Crippen LogP contribution in [0.3, 0.4) is 0 Å². The van der Waals surface area contributed by atoms with Gasteiger partial charge in [0, 0.05) is 11.3 Å². The molecule has 1 aromatic rings. The molecule has 11 heavy (non-hydrogen) atoms. The van der Waals surface area contributed by atoms with E-state index in [0.29, 0.717) is 11.6 Å². The van der Waals surface area contributed by atoms with Crippen molar-refractivity contribution >= 4 is 22.8 Å². The maximum Gasteiger partial charge on any atom is 0.180 e. The average Bonchev–Trinajstić information content (AvgIpc) is 2.35. The minimum Gasteiger partial charge on any atom is -0.375 e. The van der Waals surface area contributed by atoms with Crippen molar-refractivity contribution in [3.05, 3.63) is 11.1 Å². The van der Waals surface area contributed by atoms with Crippen LogP contribution in [-0.2, 0) is 11.2 Å². The van der Waals surface area contributed by atoms with E-state index in [2.05, 4.69) is 4.98 Å². The van der Waals surface area contributed by atoms with Crippen molar-refractivity contribution in [1.29, 1.82) is 0 Å². The third kappa shape index (κ3) is 2.31. The molecule has 60 valence electrons. The first-order valence-electron chi connectivity index (χ1n) is 3.37. The Morgan fingerprint density at radius 3 is 3.09 bits per heavy atom. The lowest BCUT2D eigenvalue weighted by molar-refractivity contribution is -0.110. The van der Waals surface area contributed by atoms with E-state index >= 15 is 0 Å². The predicted molar refractivity (Wildman–Crippen MR) is 45.5 cm³/mol. The number of nitrogens with two attached hydrogens (primary N) is 1. The third-order valence-electron chi connectivity index (χ3n) is 1.33. The average molecular weight is 170 g/mol. The van der Waals surface area contributed by atoms with E-state index in [1.165, 1.54) is 11.3 Å². The summed E-state index contributed by atoms with van der Waals surface area (Å²) in [5, 5.41) is 2.45. The molecule has 0 radical (unpaired) electrons. The van der Waals surface area contributed by atoms with Crippen molar-refractivity contribution in [3.8, 4) is 0 Å². The number of anilines is 1. The summed E-state index contributed by atoms with van der Waals surface area (Å²) in [6.07, 6.45) is 1.62. The molecule has 1 aromatic heterocycles. The fourth-order valence-electron chi connectivity index (χ4n) is 0.794. The summed E-state index contributed by atoms with van der Waals surface area (Å²) in [6, 6.07) is 0. The molecule has 0 spiro atoms. The van der Waals surface area contributed by atoms with Crippen LogP contribution >= 0.6 is 11.3 Å². The summed E-state index contributed by atoms with van der Waals surface area (Å²) in [6.45, 7) is 1.86. The summed E-state index contributed by atoms with van der Waals surface area (Å²) < 4.78 is 0. The number of rotatable bonds is 3. The summed E-state index contributed by atoms with van der Waals surface area (Å²) in [5.74, 6) is 0.0384. The van der Waals surface area contributed by atoms with Gasteiger partial charge in [-0.2, -0.15) is 0 Å². The van der Waals surface area contributed by atoms with Crippen LogP contribution in [-0.4, -0.2) is 11.3 Å². The van der Waals surface area contributed by atoms with Crippen LogP contribution in [0.4, 0.5) is 5.13 Å². The minimum atomic E-state index is 0.0384. The highest BCUT2D eigenvalue weighted by atomic mass is 32.1. The molecular formula is C7H10N2OS. The Bertz CT molecular complexity index is 246. The quantitative estimate of drug-likeness (QED) is 0.691. The molecule has 1 atom stereocenters. The zero-order valence-electron chi connectivity index (χ0n) is 6.28. The molecule has 0 saturated carbocycles. The topological polar surface area (TPSA) is 56.0 Å². The van der Waals surface area contributed by atoms with E-state index < -0.39 is 0 Å². The lowest BCUT2D eigenvalue weighted by Gasteiger charge is -1.97. The number of carbonyl (C=O) groups excluding carboxylic acids is 1. The standard InChI is InChI=1S/C7H10N2OS/c1-5(3-10)2-6-4-11-7(8)9-6/h3-5H,2H2,1H3,(H2,8,9). The molecule has 1 unspecified atom stereocenters. The summed E-state index contributed by atoms with van der Waals surface area (Å²) >= 11 is 1.41. The zero-order chi connectivity index (χ0) is 8.27. The van der Waals surface area contributed by atoms with Crippen molar-refractivity contribution in [1.82, 2.24) is 4.98 Å². The molecular weight excluding hydrogens is 160 g/mol. The Morgan fingerprint density at radius 2 is 2.64 bits per heavy atom. The molecule has 3 nitrogen and oxygen atoms in total. The molecule has 1 heterocycles. The SMILES string of the molecule is CC(C=O)Cc1csc(N)n1. The number of nitrogens with zero attached hydrogens (tertiary/aromatic N) is 1. The first kappa shape index (κ1) is 8.20. The Balaban J connectivity index is 2.57. The van der Waals surface area contributed by atoms with Crippen molar-refractivity contribution in [2.24, 2.45) is 5.92 Å². The Morgan fingerprint density at radius 1 is 1.91 bits per heavy atom. The Kier molecular flexibility index (Phi) is 2.59. The maximum atomic E-state index is 10.3. The van der Waals surface area contributed by atoms with E-state index in [-0.39, 0.29) is 5.92 Å². The maximum absolute atomic E-state index is 10.3. The summed E-state index contributed by atoms with van der Waals surface area (Å²) in [4.78, 5) is 14.3. The van der Waals surface area contributed by atoms with E-state index in [1.807, 2.05) is 12.3 Å². The lowest BCUT2D eigenvalue weighted by atomic mass is 10.1. The van der Waals surface area contributed by atoms with Gasteiger partial charge in [-0.3, -0.25) is 0 Å². The van der Waals surface area contributed by atoms with Gasteiger partial charge in [-0.15, -0.1) is 11.3 Å². The largest absolute Gasteiger partial charge is 0.375 e. The normalized spacial score (nSPS) is 12.8. The number of hydrogen-bond acceptors (Lipinski definition) is 4. The zero-order valence-corrected chi connectivity index (χ0v) is 7.10. The second-order valence-electron chi connectivity index (χ2n) is 2.49. The van der Waals surface area contributed by atoms with Gasteiger partial charge < -0.3 is 10.5 Å². The van der Waals surface area contributed by atoms with Crippen LogP contribution in [0.1, 0.15) is 12.6 Å². The molecule has 0 bridgehead atoms. The fourth-order valence-corrected chi connectivity index (χ4v) is 1.37. The number of carbonyl (C=O) groups is 1. The summed E-state index contributed by atoms with van der Waals surface area (Å²) in [7, 11) is 0. The van der Waals surface area contributed by atoms with Gasteiger partial charge in [-0.25, -0.2) is 4.98 Å². The van der Waals surface area contributed by atoms with Gasteiger partial charge in [-0.05, 0) is 6.42 Å². The van der Waals surface area contributed by atoms with Crippen LogP contribution in [0.25, 0.3) is 0 Å². The van der Waals surface area contributed by atoms with Crippen LogP contribution in [0.2, 0.25) is 0 Å². The van der Waals surface area contributed by atoms with Crippen molar-refractivity contribution in [3.63, 3.8) is 0 Å². The van der Waals surface area contributed by atoms with Gasteiger partial charge in [0.25, 0.3) is 0 Å². The molecule has 0 aromatic carbocycles. The van der Waals surface area contributed by atoms with Crippen molar-refractivity contribution in [2.75, 3.05) is 5.73 Å². The molecule has 0 aliphatic heterocycles. The number of nitrogen functional groups attached to an aromatic ring is 1. The van der Waals surface area contributed by atoms with Gasteiger partial charge in [0.15, 0.2) is 5.13 Å². The Labute approximate surface area is 69.3 Å². The second-order valence-corrected chi connectivity index (χ2v) is 3.38. The molecule has 2 N–H and O–H groups in total. The molecule has 1 rings (SSSR count). The predicted octanol–water partition coefficient (Wildman–Crippen LogP) is 1.10. The van der Waals surface area contributed by atoms with Gasteiger partial charge in [0.1, 0.15) is 6.29 Å². The molecule has 4 heteroatoms. The lowest BCUT2D eigenvalue weighted by Crippen LogP contribution is -2.00. The van der Waals surface area contributed by atoms with Gasteiger partial charge in [-0.1, -0.05) is 6.92 Å². The van der Waals surface area contributed by atoms with Crippen LogP contribution in [0.5, 0.6) is 0 Å². The van der Waals surface area contributed by atoms with E-state index in [0.717, 1.165) is 12.0 Å². The molecule has 0 aliphatic carbocycles. The van der Waals surface area contributed by atoms with E-state index in [9.17, 15) is 4.79 Å². The van der Waals surface area contributed by atoms with Crippen molar-refractivity contribution < 1.29 is 4.79 Å². The highest BCUT2D eigenvalue weighted by Crippen LogP contribution is 2.13. The van der Waals surface area contributed by atoms with Gasteiger partial charge in [0.2, 0.25) is 0 Å². The number of aromatic nitrogens is 1. The molecule has 0 aliphatic rings. The van der Waals surface area contributed by atoms with Gasteiger partial charge >= 0.3 is 0 Å². The number of thiazole rings is 1. The molecule has 0 amide bonds. The highest BCUT2D eigenvalue weighted by molar-refractivity contribution is 7.13. The van der Waals surface area contributed by atoms with E-state index in [1.54, 1.807) is 0 Å². The first-order chi connectivity index (χ1) is 5.22. The van der Waals surface area contributed by atoms with E-state index in [4.69, 9.17) is 5.73 Å². The highest BCUT2D eigenvalue weighted by Gasteiger charge is 2.04. The fraction of sp³-hybridized carbons (Fsp3) is 0.429. The Hall–Kier alpha value is -0.900. The van der Waals surface area contributed by atoms with Crippen LogP contribution in [0.15, 0.2) is 5.38 Å². The number of hydrogen-bond donors (Lipinski definition) is 1. The number of aldehydes is 1. The second kappa shape index (κ2) is 3.48. The summed E-state index contributed by atoms with van der Waals surface area (Å²) in [5.41, 5.74) is 6.32. The van der Waals surface area contributed by atoms with Gasteiger partial charge in [0.05, 0.1) is 5.69 Å². The monoisotopic (exact) mass is 170 g/mol. The first-order valence-corrected chi connectivity index (χ1v) is 4.25. The third-order valence-corrected chi connectivity index (χ3v) is 2.06.